The molecular weight excluding hydrogens is 393 g/mol. The third kappa shape index (κ3) is 22.1. The van der Waals surface area contributed by atoms with Crippen molar-refractivity contribution in [3.8, 4) is 0 Å². The van der Waals surface area contributed by atoms with Gasteiger partial charge in [-0.3, -0.25) is 9.59 Å². The number of carbonyl (C=O) groups is 3. The molecule has 0 radical (unpaired) electrons. The Hall–Kier alpha value is -0.590. The summed E-state index contributed by atoms with van der Waals surface area (Å²) in [5, 5.41) is 19.4. The Kier molecular flexibility index (Phi) is 24.3. The predicted octanol–water partition coefficient (Wildman–Crippen LogP) is 1.31. The molecule has 0 heterocycles. The average molecular weight is 436 g/mol. The van der Waals surface area contributed by atoms with Crippen molar-refractivity contribution in [2.24, 2.45) is 0 Å². The van der Waals surface area contributed by atoms with Gasteiger partial charge in [-0.2, -0.15) is 0 Å². The van der Waals surface area contributed by atoms with E-state index in [0.717, 1.165) is 17.7 Å². The van der Waals surface area contributed by atoms with Crippen LogP contribution in [0, 0.1) is 0 Å². The molecule has 6 nitrogen and oxygen atoms in total. The van der Waals surface area contributed by atoms with Crippen molar-refractivity contribution in [1.29, 1.82) is 0 Å². The van der Waals surface area contributed by atoms with E-state index in [1.54, 1.807) is 0 Å². The average Bonchev–Trinajstić information content (AvgIpc) is 2.67. The van der Waals surface area contributed by atoms with Gasteiger partial charge in [0.2, 0.25) is 5.91 Å². The first-order chi connectivity index (χ1) is 14.0. The predicted molar refractivity (Wildman–Crippen MR) is 113 cm³/mol. The van der Waals surface area contributed by atoms with Gasteiger partial charge in [-0.25, -0.2) is 0 Å². The number of nitrogens with zero attached hydrogens (tertiary/aromatic N) is 1. The molecule has 0 aliphatic heterocycles. The van der Waals surface area contributed by atoms with Crippen LogP contribution in [0.3, 0.4) is 0 Å². The first kappa shape index (κ1) is 31.6. The van der Waals surface area contributed by atoms with Gasteiger partial charge in [-0.1, -0.05) is 96.8 Å². The number of aliphatic carboxylic acids is 2. The van der Waals surface area contributed by atoms with Crippen LogP contribution in [0.15, 0.2) is 0 Å². The summed E-state index contributed by atoms with van der Waals surface area (Å²) in [6, 6.07) is 0. The molecule has 0 saturated heterocycles. The molecular formula is C23H42NNaO5. The maximum absolute atomic E-state index is 12.1. The summed E-state index contributed by atoms with van der Waals surface area (Å²) in [4.78, 5) is 34.5. The normalized spacial score (nSPS) is 10.4. The minimum atomic E-state index is -1.36. The number of unbranched alkanes of at least 4 members (excludes halogenated alkanes) is 14. The molecule has 1 amide bonds. The third-order valence-corrected chi connectivity index (χ3v) is 5.26. The first-order valence-corrected chi connectivity index (χ1v) is 11.7. The van der Waals surface area contributed by atoms with Gasteiger partial charge in [0.05, 0.1) is 18.9 Å². The summed E-state index contributed by atoms with van der Waals surface area (Å²) in [5.74, 6) is -2.71. The van der Waals surface area contributed by atoms with E-state index in [1.165, 1.54) is 77.0 Å². The molecule has 1 N–H and O–H groups in total. The van der Waals surface area contributed by atoms with Crippen molar-refractivity contribution in [1.82, 2.24) is 4.90 Å². The molecule has 0 unspecified atom stereocenters. The number of hydrogen-bond acceptors (Lipinski definition) is 4. The zero-order valence-corrected chi connectivity index (χ0v) is 21.5. The maximum Gasteiger partial charge on any atom is 1.00 e. The molecule has 0 aromatic heterocycles. The van der Waals surface area contributed by atoms with Gasteiger partial charge in [-0.15, -0.1) is 0 Å². The van der Waals surface area contributed by atoms with Crippen LogP contribution in [0.25, 0.3) is 0 Å². The Morgan fingerprint density at radius 2 is 1.10 bits per heavy atom. The second kappa shape index (κ2) is 23.1. The first-order valence-electron chi connectivity index (χ1n) is 11.7. The Balaban J connectivity index is 0. The van der Waals surface area contributed by atoms with E-state index in [0.29, 0.717) is 6.42 Å². The number of carboxylic acid groups (broad SMARTS) is 2. The zero-order valence-electron chi connectivity index (χ0n) is 19.5. The Bertz CT molecular complexity index is 445. The molecule has 0 aliphatic carbocycles. The summed E-state index contributed by atoms with van der Waals surface area (Å²) >= 11 is 0. The van der Waals surface area contributed by atoms with Crippen LogP contribution in [0.1, 0.15) is 116 Å². The Morgan fingerprint density at radius 1 is 0.700 bits per heavy atom. The molecule has 0 atom stereocenters. The molecule has 0 bridgehead atoms. The van der Waals surface area contributed by atoms with Gasteiger partial charge in [0.15, 0.2) is 0 Å². The summed E-state index contributed by atoms with van der Waals surface area (Å²) in [5.41, 5.74) is 0. The Morgan fingerprint density at radius 3 is 1.47 bits per heavy atom. The maximum atomic E-state index is 12.1. The van der Waals surface area contributed by atoms with Crippen LogP contribution >= 0.6 is 0 Å². The fraction of sp³-hybridized carbons (Fsp3) is 0.870. The number of amides is 1. The second-order valence-electron chi connectivity index (χ2n) is 8.03. The summed E-state index contributed by atoms with van der Waals surface area (Å²) in [6.45, 7) is 1.63. The number of carboxylic acids is 2. The quantitative estimate of drug-likeness (QED) is 0.217. The molecule has 0 aromatic rings. The standard InChI is InChI=1S/C23H43NO5.Na/c1-2-3-4-5-6-7-8-9-10-11-12-13-14-15-16-17-21(25)24(20-23(28)29)19-18-22(26)27;/h2-20H2,1H3,(H,26,27)(H,28,29);/q;+1/p-1. The van der Waals surface area contributed by atoms with Gasteiger partial charge < -0.3 is 19.9 Å². The minimum absolute atomic E-state index is 0. The van der Waals surface area contributed by atoms with Gasteiger partial charge >= 0.3 is 35.5 Å². The Labute approximate surface area is 205 Å². The minimum Gasteiger partial charge on any atom is -0.548 e. The van der Waals surface area contributed by atoms with E-state index in [2.05, 4.69) is 6.92 Å². The number of carbonyl (C=O) groups excluding carboxylic acids is 2. The van der Waals surface area contributed by atoms with Crippen molar-refractivity contribution < 1.29 is 54.2 Å². The van der Waals surface area contributed by atoms with E-state index in [4.69, 9.17) is 5.11 Å². The van der Waals surface area contributed by atoms with Crippen LogP contribution in [0.5, 0.6) is 0 Å². The molecule has 7 heteroatoms. The zero-order chi connectivity index (χ0) is 21.7. The summed E-state index contributed by atoms with van der Waals surface area (Å²) < 4.78 is 0. The molecule has 0 spiro atoms. The summed E-state index contributed by atoms with van der Waals surface area (Å²) in [6.07, 6.45) is 18.7. The topological polar surface area (TPSA) is 97.7 Å². The molecule has 30 heavy (non-hydrogen) atoms. The van der Waals surface area contributed by atoms with E-state index in [-0.39, 0.29) is 54.9 Å². The molecule has 0 rings (SSSR count). The van der Waals surface area contributed by atoms with Gasteiger partial charge in [0, 0.05) is 13.0 Å². The van der Waals surface area contributed by atoms with Crippen molar-refractivity contribution in [3.63, 3.8) is 0 Å². The fourth-order valence-electron chi connectivity index (χ4n) is 3.48. The van der Waals surface area contributed by atoms with Crippen LogP contribution < -0.4 is 34.7 Å². The molecule has 0 saturated carbocycles. The van der Waals surface area contributed by atoms with E-state index in [1.807, 2.05) is 0 Å². The second-order valence-corrected chi connectivity index (χ2v) is 8.03. The van der Waals surface area contributed by atoms with Crippen LogP contribution in [-0.4, -0.2) is 40.9 Å². The van der Waals surface area contributed by atoms with E-state index < -0.39 is 18.5 Å². The fourth-order valence-corrected chi connectivity index (χ4v) is 3.48. The smallest absolute Gasteiger partial charge is 0.548 e. The van der Waals surface area contributed by atoms with Gasteiger partial charge in [-0.05, 0) is 6.42 Å². The summed E-state index contributed by atoms with van der Waals surface area (Å²) in [7, 11) is 0. The van der Waals surface area contributed by atoms with Crippen LogP contribution in [0.2, 0.25) is 0 Å². The van der Waals surface area contributed by atoms with Crippen molar-refractivity contribution in [2.75, 3.05) is 13.1 Å². The molecule has 170 valence electrons. The molecule has 0 fully saturated rings. The van der Waals surface area contributed by atoms with Crippen LogP contribution in [-0.2, 0) is 14.4 Å². The van der Waals surface area contributed by atoms with Crippen molar-refractivity contribution in [2.45, 2.75) is 116 Å². The van der Waals surface area contributed by atoms with Gasteiger partial charge in [0.1, 0.15) is 0 Å². The number of hydrogen-bond donors (Lipinski definition) is 1. The number of rotatable bonds is 21. The monoisotopic (exact) mass is 435 g/mol. The van der Waals surface area contributed by atoms with Crippen molar-refractivity contribution in [3.05, 3.63) is 0 Å². The SMILES string of the molecule is CCCCCCCCCCCCCCCCCC(=O)N(CCC(=O)O)CC(=O)[O-].[Na+]. The van der Waals surface area contributed by atoms with Gasteiger partial charge in [0.25, 0.3) is 0 Å². The largest absolute Gasteiger partial charge is 1.00 e. The van der Waals surface area contributed by atoms with Crippen LogP contribution in [0.4, 0.5) is 0 Å². The third-order valence-electron chi connectivity index (χ3n) is 5.26. The van der Waals surface area contributed by atoms with E-state index in [9.17, 15) is 19.5 Å². The molecule has 0 aromatic carbocycles. The molecule has 0 aliphatic rings. The van der Waals surface area contributed by atoms with Crippen molar-refractivity contribution >= 4 is 17.8 Å². The van der Waals surface area contributed by atoms with E-state index >= 15 is 0 Å².